The Hall–Kier alpha value is -1.39. The lowest BCUT2D eigenvalue weighted by atomic mass is 10.1. The first-order chi connectivity index (χ1) is 8.52. The predicted octanol–water partition coefficient (Wildman–Crippen LogP) is 1.25. The van der Waals surface area contributed by atoms with Crippen LogP contribution in [-0.2, 0) is 6.54 Å². The van der Waals surface area contributed by atoms with Crippen molar-refractivity contribution in [1.29, 1.82) is 0 Å². The van der Waals surface area contributed by atoms with Crippen LogP contribution >= 0.6 is 0 Å². The quantitative estimate of drug-likeness (QED) is 0.799. The normalized spacial score (nSPS) is 12.5. The first-order valence-corrected chi connectivity index (χ1v) is 6.18. The molecule has 4 heteroatoms. The smallest absolute Gasteiger partial charge is 0.251 e. The molecule has 1 amide bonds. The first kappa shape index (κ1) is 14.7. The van der Waals surface area contributed by atoms with Gasteiger partial charge in [-0.2, -0.15) is 0 Å². The molecule has 0 saturated carbocycles. The molecule has 4 nitrogen and oxygen atoms in total. The lowest BCUT2D eigenvalue weighted by Crippen LogP contribution is -2.33. The third-order valence-electron chi connectivity index (χ3n) is 2.65. The van der Waals surface area contributed by atoms with Crippen LogP contribution in [0, 0.1) is 0 Å². The number of carbonyl (C=O) groups is 1. The SMILES string of the molecule is CC(CCO)NC(=O)c1ccc(CN(C)C)cc1. The number of nitrogens with zero attached hydrogens (tertiary/aromatic N) is 1. The molecule has 2 N–H and O–H groups in total. The van der Waals surface area contributed by atoms with Crippen LogP contribution in [-0.4, -0.2) is 42.7 Å². The van der Waals surface area contributed by atoms with Gasteiger partial charge in [0.1, 0.15) is 0 Å². The van der Waals surface area contributed by atoms with Gasteiger partial charge in [0, 0.05) is 24.8 Å². The van der Waals surface area contributed by atoms with Crippen LogP contribution < -0.4 is 5.32 Å². The van der Waals surface area contributed by atoms with Gasteiger partial charge in [-0.15, -0.1) is 0 Å². The molecular weight excluding hydrogens is 228 g/mol. The number of nitrogens with one attached hydrogen (secondary N) is 1. The minimum Gasteiger partial charge on any atom is -0.396 e. The van der Waals surface area contributed by atoms with E-state index in [0.717, 1.165) is 6.54 Å². The maximum Gasteiger partial charge on any atom is 0.251 e. The molecule has 0 aliphatic heterocycles. The van der Waals surface area contributed by atoms with Gasteiger partial charge in [0.05, 0.1) is 0 Å². The summed E-state index contributed by atoms with van der Waals surface area (Å²) < 4.78 is 0. The lowest BCUT2D eigenvalue weighted by Gasteiger charge is -2.13. The molecule has 0 aromatic heterocycles. The van der Waals surface area contributed by atoms with Crippen molar-refractivity contribution in [1.82, 2.24) is 10.2 Å². The van der Waals surface area contributed by atoms with Gasteiger partial charge in [0.2, 0.25) is 0 Å². The van der Waals surface area contributed by atoms with E-state index in [-0.39, 0.29) is 18.6 Å². The zero-order valence-electron chi connectivity index (χ0n) is 11.3. The number of aliphatic hydroxyl groups is 1. The molecule has 18 heavy (non-hydrogen) atoms. The maximum atomic E-state index is 11.9. The van der Waals surface area contributed by atoms with E-state index in [1.807, 2.05) is 45.3 Å². The third kappa shape index (κ3) is 4.85. The van der Waals surface area contributed by atoms with E-state index in [9.17, 15) is 4.79 Å². The van der Waals surface area contributed by atoms with Crippen LogP contribution in [0.3, 0.4) is 0 Å². The molecule has 0 heterocycles. The zero-order valence-corrected chi connectivity index (χ0v) is 11.3. The number of hydrogen-bond acceptors (Lipinski definition) is 3. The molecule has 0 bridgehead atoms. The molecule has 0 aliphatic rings. The topological polar surface area (TPSA) is 52.6 Å². The highest BCUT2D eigenvalue weighted by molar-refractivity contribution is 5.94. The predicted molar refractivity (Wildman–Crippen MR) is 72.5 cm³/mol. The van der Waals surface area contributed by atoms with E-state index < -0.39 is 0 Å². The highest BCUT2D eigenvalue weighted by atomic mass is 16.3. The summed E-state index contributed by atoms with van der Waals surface area (Å²) in [4.78, 5) is 13.9. The molecule has 1 rings (SSSR count). The summed E-state index contributed by atoms with van der Waals surface area (Å²) in [7, 11) is 4.02. The Kier molecular flexibility index (Phi) is 5.82. The minimum atomic E-state index is -0.0904. The second-order valence-electron chi connectivity index (χ2n) is 4.82. The van der Waals surface area contributed by atoms with Gasteiger partial charge < -0.3 is 15.3 Å². The fourth-order valence-corrected chi connectivity index (χ4v) is 1.70. The van der Waals surface area contributed by atoms with Crippen LogP contribution in [0.25, 0.3) is 0 Å². The lowest BCUT2D eigenvalue weighted by molar-refractivity contribution is 0.0934. The number of benzene rings is 1. The zero-order chi connectivity index (χ0) is 13.5. The number of hydrogen-bond donors (Lipinski definition) is 2. The van der Waals surface area contributed by atoms with Crippen molar-refractivity contribution < 1.29 is 9.90 Å². The maximum absolute atomic E-state index is 11.9. The fraction of sp³-hybridized carbons (Fsp3) is 0.500. The highest BCUT2D eigenvalue weighted by Crippen LogP contribution is 2.06. The van der Waals surface area contributed by atoms with Crippen LogP contribution in [0.1, 0.15) is 29.3 Å². The van der Waals surface area contributed by atoms with Crippen molar-refractivity contribution in [3.05, 3.63) is 35.4 Å². The van der Waals surface area contributed by atoms with Crippen LogP contribution in [0.5, 0.6) is 0 Å². The van der Waals surface area contributed by atoms with Crippen molar-refractivity contribution in [2.24, 2.45) is 0 Å². The summed E-state index contributed by atoms with van der Waals surface area (Å²) in [6.07, 6.45) is 0.574. The summed E-state index contributed by atoms with van der Waals surface area (Å²) in [5.41, 5.74) is 1.84. The van der Waals surface area contributed by atoms with Crippen molar-refractivity contribution >= 4 is 5.91 Å². The molecule has 1 atom stereocenters. The minimum absolute atomic E-state index is 0.0102. The Balaban J connectivity index is 2.59. The Labute approximate surface area is 109 Å². The highest BCUT2D eigenvalue weighted by Gasteiger charge is 2.09. The summed E-state index contributed by atoms with van der Waals surface area (Å²) in [5, 5.41) is 11.6. The Bertz CT molecular complexity index is 374. The Morgan fingerprint density at radius 1 is 1.33 bits per heavy atom. The molecule has 0 aliphatic carbocycles. The number of carbonyl (C=O) groups excluding carboxylic acids is 1. The van der Waals surface area contributed by atoms with Gasteiger partial charge >= 0.3 is 0 Å². The molecule has 1 unspecified atom stereocenters. The average Bonchev–Trinajstić information content (AvgIpc) is 2.29. The summed E-state index contributed by atoms with van der Waals surface area (Å²) in [6, 6.07) is 7.58. The number of aliphatic hydroxyl groups excluding tert-OH is 1. The average molecular weight is 250 g/mol. The summed E-state index contributed by atoms with van der Waals surface area (Å²) in [6.45, 7) is 2.83. The third-order valence-corrected chi connectivity index (χ3v) is 2.65. The summed E-state index contributed by atoms with van der Waals surface area (Å²) >= 11 is 0. The van der Waals surface area contributed by atoms with Gasteiger partial charge in [-0.3, -0.25) is 4.79 Å². The second kappa shape index (κ2) is 7.13. The van der Waals surface area contributed by atoms with Crippen LogP contribution in [0.2, 0.25) is 0 Å². The van der Waals surface area contributed by atoms with Gasteiger partial charge in [0.15, 0.2) is 0 Å². The molecular formula is C14H22N2O2. The number of amides is 1. The fourth-order valence-electron chi connectivity index (χ4n) is 1.70. The van der Waals surface area contributed by atoms with E-state index in [1.54, 1.807) is 0 Å². The van der Waals surface area contributed by atoms with E-state index in [0.29, 0.717) is 12.0 Å². The molecule has 0 radical (unpaired) electrons. The van der Waals surface area contributed by atoms with Crippen LogP contribution in [0.4, 0.5) is 0 Å². The second-order valence-corrected chi connectivity index (χ2v) is 4.82. The first-order valence-electron chi connectivity index (χ1n) is 6.18. The Morgan fingerprint density at radius 2 is 1.94 bits per heavy atom. The molecule has 0 fully saturated rings. The van der Waals surface area contributed by atoms with E-state index in [1.165, 1.54) is 5.56 Å². The van der Waals surface area contributed by atoms with Crippen molar-refractivity contribution in [3.63, 3.8) is 0 Å². The Morgan fingerprint density at radius 3 is 2.44 bits per heavy atom. The van der Waals surface area contributed by atoms with E-state index in [4.69, 9.17) is 5.11 Å². The van der Waals surface area contributed by atoms with Gasteiger partial charge in [0.25, 0.3) is 5.91 Å². The van der Waals surface area contributed by atoms with Gasteiger partial charge in [-0.25, -0.2) is 0 Å². The van der Waals surface area contributed by atoms with E-state index in [2.05, 4.69) is 10.2 Å². The molecule has 0 spiro atoms. The molecule has 1 aromatic rings. The summed E-state index contributed by atoms with van der Waals surface area (Å²) in [5.74, 6) is -0.0904. The van der Waals surface area contributed by atoms with Gasteiger partial charge in [-0.05, 0) is 45.1 Å². The van der Waals surface area contributed by atoms with Gasteiger partial charge in [-0.1, -0.05) is 12.1 Å². The molecule has 100 valence electrons. The van der Waals surface area contributed by atoms with Crippen LogP contribution in [0.15, 0.2) is 24.3 Å². The number of rotatable bonds is 6. The van der Waals surface area contributed by atoms with Crippen molar-refractivity contribution in [3.8, 4) is 0 Å². The van der Waals surface area contributed by atoms with Crippen molar-refractivity contribution in [2.75, 3.05) is 20.7 Å². The molecule has 1 aromatic carbocycles. The van der Waals surface area contributed by atoms with E-state index >= 15 is 0 Å². The largest absolute Gasteiger partial charge is 0.396 e. The molecule has 0 saturated heterocycles. The monoisotopic (exact) mass is 250 g/mol. The van der Waals surface area contributed by atoms with Crippen molar-refractivity contribution in [2.45, 2.75) is 25.9 Å². The standard InChI is InChI=1S/C14H22N2O2/c1-11(8-9-17)15-14(18)13-6-4-12(5-7-13)10-16(2)3/h4-7,11,17H,8-10H2,1-3H3,(H,15,18).